The van der Waals surface area contributed by atoms with Gasteiger partial charge in [-0.3, -0.25) is 4.79 Å². The minimum Gasteiger partial charge on any atom is -0.396 e. The number of carbonyl (C=O) groups is 1. The second-order valence-electron chi connectivity index (χ2n) is 5.25. The molecule has 0 radical (unpaired) electrons. The van der Waals surface area contributed by atoms with Gasteiger partial charge in [-0.25, -0.2) is 0 Å². The van der Waals surface area contributed by atoms with Crippen molar-refractivity contribution in [2.24, 2.45) is 5.16 Å². The van der Waals surface area contributed by atoms with E-state index in [0.29, 0.717) is 13.0 Å². The zero-order valence-electron chi connectivity index (χ0n) is 12.4. The molecule has 1 aliphatic heterocycles. The summed E-state index contributed by atoms with van der Waals surface area (Å²) in [6.07, 6.45) is 2.60. The second-order valence-corrected chi connectivity index (χ2v) is 5.25. The number of benzene rings is 1. The molecule has 5 heteroatoms. The van der Waals surface area contributed by atoms with Gasteiger partial charge in [-0.05, 0) is 24.8 Å². The molecule has 1 aromatic rings. The highest BCUT2D eigenvalue weighted by Gasteiger charge is 2.30. The van der Waals surface area contributed by atoms with Crippen molar-refractivity contribution in [3.8, 4) is 0 Å². The van der Waals surface area contributed by atoms with Gasteiger partial charge in [0.05, 0.1) is 5.71 Å². The van der Waals surface area contributed by atoms with Gasteiger partial charge in [-0.2, -0.15) is 0 Å². The lowest BCUT2D eigenvalue weighted by Gasteiger charge is -2.19. The summed E-state index contributed by atoms with van der Waals surface area (Å²) in [6, 6.07) is 9.77. The van der Waals surface area contributed by atoms with E-state index in [1.165, 1.54) is 0 Å². The number of likely N-dealkylation sites (N-methyl/N-ethyl adjacent to an activating group) is 1. The maximum absolute atomic E-state index is 12.3. The molecule has 0 aliphatic carbocycles. The number of rotatable bonds is 7. The second kappa shape index (κ2) is 7.78. The summed E-state index contributed by atoms with van der Waals surface area (Å²) in [5.74, 6) is -0.0336. The van der Waals surface area contributed by atoms with Crippen molar-refractivity contribution < 1.29 is 14.7 Å². The third kappa shape index (κ3) is 4.29. The van der Waals surface area contributed by atoms with Crippen molar-refractivity contribution in [3.05, 3.63) is 35.9 Å². The van der Waals surface area contributed by atoms with Crippen LogP contribution in [0.4, 0.5) is 0 Å². The van der Waals surface area contributed by atoms with Crippen LogP contribution >= 0.6 is 0 Å². The van der Waals surface area contributed by atoms with Crippen LogP contribution in [-0.4, -0.2) is 47.9 Å². The first-order valence-electron chi connectivity index (χ1n) is 7.36. The van der Waals surface area contributed by atoms with Crippen LogP contribution in [0.1, 0.15) is 31.2 Å². The van der Waals surface area contributed by atoms with Crippen LogP contribution in [0.25, 0.3) is 0 Å². The molecule has 0 saturated heterocycles. The molecule has 2 rings (SSSR count). The minimum absolute atomic E-state index is 0.0336. The number of hydrogen-bond acceptors (Lipinski definition) is 4. The molecular formula is C16H22N2O3. The van der Waals surface area contributed by atoms with Crippen LogP contribution in [0.3, 0.4) is 0 Å². The Balaban J connectivity index is 1.80. The Kier molecular flexibility index (Phi) is 5.75. The number of carbonyl (C=O) groups excluding carboxylic acids is 1. The normalized spacial score (nSPS) is 17.2. The summed E-state index contributed by atoms with van der Waals surface area (Å²) in [6.45, 7) is 0.886. The quantitative estimate of drug-likeness (QED) is 0.779. The Morgan fingerprint density at radius 2 is 2.10 bits per heavy atom. The number of aliphatic hydroxyl groups is 1. The number of unbranched alkanes of at least 4 members (excludes halogenated alkanes) is 2. The summed E-state index contributed by atoms with van der Waals surface area (Å²) < 4.78 is 0. The van der Waals surface area contributed by atoms with Crippen LogP contribution in [0.2, 0.25) is 0 Å². The summed E-state index contributed by atoms with van der Waals surface area (Å²) in [7, 11) is 1.78. The fraction of sp³-hybridized carbons (Fsp3) is 0.500. The van der Waals surface area contributed by atoms with Crippen molar-refractivity contribution in [1.29, 1.82) is 0 Å². The lowest BCUT2D eigenvalue weighted by Crippen LogP contribution is -2.37. The van der Waals surface area contributed by atoms with E-state index in [-0.39, 0.29) is 12.5 Å². The van der Waals surface area contributed by atoms with Crippen molar-refractivity contribution in [2.45, 2.75) is 31.8 Å². The Morgan fingerprint density at radius 3 is 2.81 bits per heavy atom. The highest BCUT2D eigenvalue weighted by Crippen LogP contribution is 2.18. The third-order valence-electron chi connectivity index (χ3n) is 3.58. The van der Waals surface area contributed by atoms with E-state index in [1.807, 2.05) is 30.3 Å². The predicted molar refractivity (Wildman–Crippen MR) is 81.0 cm³/mol. The molecule has 21 heavy (non-hydrogen) atoms. The molecule has 0 aromatic heterocycles. The van der Waals surface area contributed by atoms with Crippen LogP contribution in [0, 0.1) is 0 Å². The maximum atomic E-state index is 12.3. The number of hydrogen-bond donors (Lipinski definition) is 1. The highest BCUT2D eigenvalue weighted by molar-refractivity contribution is 6.03. The molecule has 1 aromatic carbocycles. The van der Waals surface area contributed by atoms with Crippen LogP contribution in [-0.2, 0) is 9.63 Å². The van der Waals surface area contributed by atoms with E-state index in [1.54, 1.807) is 11.9 Å². The number of amides is 1. The Hall–Kier alpha value is -1.88. The van der Waals surface area contributed by atoms with Gasteiger partial charge in [-0.15, -0.1) is 0 Å². The average Bonchev–Trinajstić information content (AvgIpc) is 3.01. The molecule has 1 atom stereocenters. The topological polar surface area (TPSA) is 62.1 Å². The molecule has 0 spiro atoms. The van der Waals surface area contributed by atoms with Gasteiger partial charge in [0.15, 0.2) is 0 Å². The van der Waals surface area contributed by atoms with Gasteiger partial charge in [0.1, 0.15) is 0 Å². The Morgan fingerprint density at radius 1 is 1.33 bits per heavy atom. The Bertz CT molecular complexity index is 488. The van der Waals surface area contributed by atoms with E-state index in [2.05, 4.69) is 5.16 Å². The van der Waals surface area contributed by atoms with Crippen LogP contribution < -0.4 is 0 Å². The number of oxime groups is 1. The van der Waals surface area contributed by atoms with Crippen molar-refractivity contribution >= 4 is 11.6 Å². The summed E-state index contributed by atoms with van der Waals surface area (Å²) >= 11 is 0. The van der Waals surface area contributed by atoms with E-state index >= 15 is 0 Å². The first kappa shape index (κ1) is 15.5. The molecule has 1 amide bonds. The van der Waals surface area contributed by atoms with Crippen LogP contribution in [0.5, 0.6) is 0 Å². The van der Waals surface area contributed by atoms with Crippen molar-refractivity contribution in [2.75, 3.05) is 20.2 Å². The van der Waals surface area contributed by atoms with E-state index in [0.717, 1.165) is 30.5 Å². The molecule has 1 aliphatic rings. The van der Waals surface area contributed by atoms with Crippen LogP contribution in [0.15, 0.2) is 35.5 Å². The number of aliphatic hydroxyl groups excluding tert-OH is 1. The van der Waals surface area contributed by atoms with E-state index in [4.69, 9.17) is 9.94 Å². The summed E-state index contributed by atoms with van der Waals surface area (Å²) in [4.78, 5) is 19.2. The minimum atomic E-state index is -0.511. The maximum Gasteiger partial charge on any atom is 0.266 e. The zero-order valence-corrected chi connectivity index (χ0v) is 12.4. The van der Waals surface area contributed by atoms with Crippen molar-refractivity contribution in [3.63, 3.8) is 0 Å². The van der Waals surface area contributed by atoms with Gasteiger partial charge < -0.3 is 14.8 Å². The first-order valence-corrected chi connectivity index (χ1v) is 7.36. The largest absolute Gasteiger partial charge is 0.396 e. The average molecular weight is 290 g/mol. The molecule has 1 heterocycles. The van der Waals surface area contributed by atoms with Crippen molar-refractivity contribution in [1.82, 2.24) is 4.90 Å². The Labute approximate surface area is 125 Å². The lowest BCUT2D eigenvalue weighted by atomic mass is 10.0. The molecule has 5 nitrogen and oxygen atoms in total. The van der Waals surface area contributed by atoms with Gasteiger partial charge in [-0.1, -0.05) is 35.5 Å². The molecule has 0 bridgehead atoms. The fourth-order valence-corrected chi connectivity index (χ4v) is 2.30. The first-order chi connectivity index (χ1) is 10.2. The standard InChI is InChI=1S/C16H22N2O3/c1-18(10-6-3-7-11-19)16(20)15-12-14(17-21-15)13-8-4-2-5-9-13/h2,4-5,8-9,15,19H,3,6-7,10-12H2,1H3. The van der Waals surface area contributed by atoms with E-state index < -0.39 is 6.10 Å². The van der Waals surface area contributed by atoms with Gasteiger partial charge in [0.2, 0.25) is 6.10 Å². The molecule has 0 saturated carbocycles. The SMILES string of the molecule is CN(CCCCCO)C(=O)C1CC(c2ccccc2)=NO1. The highest BCUT2D eigenvalue weighted by atomic mass is 16.6. The van der Waals surface area contributed by atoms with E-state index in [9.17, 15) is 4.79 Å². The molecule has 1 N–H and O–H groups in total. The van der Waals surface area contributed by atoms with Gasteiger partial charge in [0, 0.05) is 26.6 Å². The number of nitrogens with zero attached hydrogens (tertiary/aromatic N) is 2. The fourth-order valence-electron chi connectivity index (χ4n) is 2.30. The zero-order chi connectivity index (χ0) is 15.1. The molecule has 114 valence electrons. The third-order valence-corrected chi connectivity index (χ3v) is 3.58. The molecule has 1 unspecified atom stereocenters. The van der Waals surface area contributed by atoms with Gasteiger partial charge in [0.25, 0.3) is 5.91 Å². The monoisotopic (exact) mass is 290 g/mol. The molecular weight excluding hydrogens is 268 g/mol. The summed E-state index contributed by atoms with van der Waals surface area (Å²) in [5.41, 5.74) is 1.82. The smallest absolute Gasteiger partial charge is 0.266 e. The molecule has 0 fully saturated rings. The lowest BCUT2D eigenvalue weighted by molar-refractivity contribution is -0.140. The predicted octanol–water partition coefficient (Wildman–Crippen LogP) is 1.80. The summed E-state index contributed by atoms with van der Waals surface area (Å²) in [5, 5.41) is 12.8. The van der Waals surface area contributed by atoms with Gasteiger partial charge >= 0.3 is 0 Å².